The summed E-state index contributed by atoms with van der Waals surface area (Å²) >= 11 is 0. The predicted molar refractivity (Wildman–Crippen MR) is 75.3 cm³/mol. The smallest absolute Gasteiger partial charge is 0.192 e. The Bertz CT molecular complexity index is 629. The molecule has 2 aromatic rings. The van der Waals surface area contributed by atoms with Crippen LogP contribution >= 0.6 is 0 Å². The summed E-state index contributed by atoms with van der Waals surface area (Å²) in [5.41, 5.74) is 2.36. The maximum Gasteiger partial charge on any atom is 0.192 e. The number of hydrogen-bond donors (Lipinski definition) is 2. The Kier molecular flexibility index (Phi) is 3.68. The van der Waals surface area contributed by atoms with E-state index in [9.17, 15) is 5.11 Å². The lowest BCUT2D eigenvalue weighted by atomic mass is 10.1. The van der Waals surface area contributed by atoms with Crippen LogP contribution in [0.3, 0.4) is 0 Å². The first-order chi connectivity index (χ1) is 8.66. The van der Waals surface area contributed by atoms with Crippen LogP contribution in [0.1, 0.15) is 11.1 Å². The van der Waals surface area contributed by atoms with Crippen LogP contribution in [0.25, 0.3) is 12.5 Å². The highest BCUT2D eigenvalue weighted by Crippen LogP contribution is 2.02. The van der Waals surface area contributed by atoms with Crippen molar-refractivity contribution in [1.82, 2.24) is 5.32 Å². The first-order valence-corrected chi connectivity index (χ1v) is 5.93. The minimum Gasteiger partial charge on any atom is -0.494 e. The van der Waals surface area contributed by atoms with Gasteiger partial charge in [0.15, 0.2) is 5.88 Å². The molecule has 0 aliphatic carbocycles. The molecule has 2 nitrogen and oxygen atoms in total. The van der Waals surface area contributed by atoms with Gasteiger partial charge in [0.2, 0.25) is 0 Å². The van der Waals surface area contributed by atoms with Crippen molar-refractivity contribution in [2.75, 3.05) is 0 Å². The zero-order valence-electron chi connectivity index (χ0n) is 10.5. The van der Waals surface area contributed by atoms with Gasteiger partial charge in [-0.05, 0) is 23.8 Å². The zero-order chi connectivity index (χ0) is 13.0. The van der Waals surface area contributed by atoms with Gasteiger partial charge < -0.3 is 10.4 Å². The number of aryl methyl sites for hydroxylation is 1. The molecule has 2 aromatic carbocycles. The molecule has 0 unspecified atom stereocenters. The molecule has 2 heteroatoms. The van der Waals surface area contributed by atoms with Gasteiger partial charge in [0.1, 0.15) is 0 Å². The topological polar surface area (TPSA) is 32.3 Å². The summed E-state index contributed by atoms with van der Waals surface area (Å²) in [4.78, 5) is 0. The van der Waals surface area contributed by atoms with Crippen LogP contribution in [-0.2, 0) is 6.54 Å². The van der Waals surface area contributed by atoms with Gasteiger partial charge in [-0.2, -0.15) is 0 Å². The van der Waals surface area contributed by atoms with E-state index in [4.69, 9.17) is 0 Å². The largest absolute Gasteiger partial charge is 0.494 e. The molecule has 0 fully saturated rings. The molecule has 0 aliphatic rings. The lowest BCUT2D eigenvalue weighted by Crippen LogP contribution is -2.30. The predicted octanol–water partition coefficient (Wildman–Crippen LogP) is 1.82. The van der Waals surface area contributed by atoms with Crippen molar-refractivity contribution < 1.29 is 5.11 Å². The highest BCUT2D eigenvalue weighted by atomic mass is 16.3. The fraction of sp³-hybridized carbons (Fsp3) is 0.125. The second-order valence-electron chi connectivity index (χ2n) is 4.34. The van der Waals surface area contributed by atoms with Crippen LogP contribution in [0, 0.1) is 6.92 Å². The average molecular weight is 239 g/mol. The summed E-state index contributed by atoms with van der Waals surface area (Å²) < 4.78 is 0. The minimum atomic E-state index is 0.168. The van der Waals surface area contributed by atoms with Gasteiger partial charge in [-0.1, -0.05) is 54.6 Å². The average Bonchev–Trinajstić information content (AvgIpc) is 2.38. The Labute approximate surface area is 107 Å². The molecule has 0 radical (unpaired) electrons. The quantitative estimate of drug-likeness (QED) is 0.856. The van der Waals surface area contributed by atoms with Crippen molar-refractivity contribution in [3.8, 4) is 0 Å². The van der Waals surface area contributed by atoms with E-state index < -0.39 is 0 Å². The molecular weight excluding hydrogens is 222 g/mol. The fourth-order valence-electron chi connectivity index (χ4n) is 1.74. The fourth-order valence-corrected chi connectivity index (χ4v) is 1.74. The van der Waals surface area contributed by atoms with Crippen molar-refractivity contribution >= 4 is 12.5 Å². The lowest BCUT2D eigenvalue weighted by Gasteiger charge is -2.06. The first kappa shape index (κ1) is 12.2. The number of benzene rings is 2. The summed E-state index contributed by atoms with van der Waals surface area (Å²) in [5, 5.41) is 14.5. The van der Waals surface area contributed by atoms with Crippen molar-refractivity contribution in [3.63, 3.8) is 0 Å². The summed E-state index contributed by atoms with van der Waals surface area (Å²) in [5.74, 6) is 0.168. The Hall–Kier alpha value is -2.22. The van der Waals surface area contributed by atoms with E-state index in [0.29, 0.717) is 6.54 Å². The third-order valence-corrected chi connectivity index (χ3v) is 2.85. The number of nitrogens with one attached hydrogen (secondary N) is 1. The van der Waals surface area contributed by atoms with Crippen LogP contribution in [0.2, 0.25) is 0 Å². The van der Waals surface area contributed by atoms with Crippen molar-refractivity contribution in [2.45, 2.75) is 13.5 Å². The molecule has 0 heterocycles. The Morgan fingerprint density at radius 2 is 1.78 bits per heavy atom. The summed E-state index contributed by atoms with van der Waals surface area (Å²) in [6.45, 7) is 6.54. The highest BCUT2D eigenvalue weighted by Gasteiger charge is 1.96. The molecule has 0 aliphatic heterocycles. The molecule has 2 rings (SSSR count). The van der Waals surface area contributed by atoms with Crippen LogP contribution in [0.4, 0.5) is 0 Å². The zero-order valence-corrected chi connectivity index (χ0v) is 10.5. The van der Waals surface area contributed by atoms with E-state index >= 15 is 0 Å². The van der Waals surface area contributed by atoms with Crippen molar-refractivity contribution in [3.05, 3.63) is 70.1 Å². The third-order valence-electron chi connectivity index (χ3n) is 2.85. The molecule has 92 valence electrons. The van der Waals surface area contributed by atoms with Crippen LogP contribution in [-0.4, -0.2) is 5.11 Å². The third kappa shape index (κ3) is 2.92. The lowest BCUT2D eigenvalue weighted by molar-refractivity contribution is 0.456. The molecule has 0 aromatic heterocycles. The van der Waals surface area contributed by atoms with E-state index in [1.807, 2.05) is 36.4 Å². The Morgan fingerprint density at radius 3 is 2.44 bits per heavy atom. The second kappa shape index (κ2) is 5.41. The standard InChI is InChI=1S/C16H17NO/c1-12-7-9-14(10-8-12)11-17-16(18)15-6-4-3-5-13(15)2/h3-10,17-18H,2,11H2,1H3/b16-15-. The van der Waals surface area contributed by atoms with Crippen molar-refractivity contribution in [2.24, 2.45) is 0 Å². The van der Waals surface area contributed by atoms with E-state index in [2.05, 4.69) is 31.0 Å². The number of aliphatic hydroxyl groups excluding tert-OH is 1. The monoisotopic (exact) mass is 239 g/mol. The molecule has 0 atom stereocenters. The molecule has 0 saturated heterocycles. The summed E-state index contributed by atoms with van der Waals surface area (Å²) in [6, 6.07) is 15.7. The molecule has 0 amide bonds. The Morgan fingerprint density at radius 1 is 1.11 bits per heavy atom. The second-order valence-corrected chi connectivity index (χ2v) is 4.34. The van der Waals surface area contributed by atoms with Gasteiger partial charge in [0.25, 0.3) is 0 Å². The highest BCUT2D eigenvalue weighted by molar-refractivity contribution is 5.34. The van der Waals surface area contributed by atoms with Crippen LogP contribution in [0.5, 0.6) is 0 Å². The summed E-state index contributed by atoms with van der Waals surface area (Å²) in [7, 11) is 0. The van der Waals surface area contributed by atoms with Crippen LogP contribution < -0.4 is 15.8 Å². The van der Waals surface area contributed by atoms with Gasteiger partial charge in [-0.3, -0.25) is 0 Å². The number of hydrogen-bond acceptors (Lipinski definition) is 2. The van der Waals surface area contributed by atoms with Gasteiger partial charge in [0.05, 0.1) is 0 Å². The van der Waals surface area contributed by atoms with Gasteiger partial charge in [-0.15, -0.1) is 0 Å². The molecule has 0 spiro atoms. The van der Waals surface area contributed by atoms with Gasteiger partial charge >= 0.3 is 0 Å². The van der Waals surface area contributed by atoms with E-state index in [1.54, 1.807) is 0 Å². The summed E-state index contributed by atoms with van der Waals surface area (Å²) in [6.07, 6.45) is 0. The molecule has 0 bridgehead atoms. The molecular formula is C16H17NO. The van der Waals surface area contributed by atoms with E-state index in [-0.39, 0.29) is 5.88 Å². The molecule has 18 heavy (non-hydrogen) atoms. The minimum absolute atomic E-state index is 0.168. The van der Waals surface area contributed by atoms with Gasteiger partial charge in [0, 0.05) is 11.8 Å². The van der Waals surface area contributed by atoms with Gasteiger partial charge in [-0.25, -0.2) is 0 Å². The van der Waals surface area contributed by atoms with E-state index in [0.717, 1.165) is 16.0 Å². The maximum atomic E-state index is 9.98. The normalized spacial score (nSPS) is 12.1. The van der Waals surface area contributed by atoms with Crippen LogP contribution in [0.15, 0.2) is 48.5 Å². The molecule has 2 N–H and O–H groups in total. The SMILES string of the molecule is C=c1cccc/c1=C(/O)NCc1ccc(C)cc1. The van der Waals surface area contributed by atoms with Crippen molar-refractivity contribution in [1.29, 1.82) is 0 Å². The molecule has 0 saturated carbocycles. The number of aliphatic hydroxyl groups is 1. The Balaban J connectivity index is 2.16. The van der Waals surface area contributed by atoms with E-state index in [1.165, 1.54) is 5.56 Å². The maximum absolute atomic E-state index is 9.98. The first-order valence-electron chi connectivity index (χ1n) is 5.93. The number of rotatable bonds is 3.